The summed E-state index contributed by atoms with van der Waals surface area (Å²) in [5, 5.41) is 7.45. The molecule has 1 N–H and O–H groups in total. The molecule has 4 heterocycles. The number of nitrogens with one attached hydrogen (secondary N) is 1. The molecule has 9 heteroatoms. The molecule has 2 aliphatic heterocycles. The summed E-state index contributed by atoms with van der Waals surface area (Å²) >= 11 is 0. The molecule has 188 valence electrons. The van der Waals surface area contributed by atoms with Crippen LogP contribution >= 0.6 is 0 Å². The first kappa shape index (κ1) is 24.0. The fraction of sp³-hybridized carbons (Fsp3) is 0.407. The Hall–Kier alpha value is -3.75. The monoisotopic (exact) mass is 490 g/mol. The molecule has 36 heavy (non-hydrogen) atoms. The minimum Gasteiger partial charge on any atom is -0.352 e. The number of nitrogens with zero attached hydrogens (tertiary/aromatic N) is 5. The number of aromatic nitrogens is 3. The Morgan fingerprint density at radius 1 is 1.22 bits per heavy atom. The van der Waals surface area contributed by atoms with Crippen LogP contribution in [0.25, 0.3) is 11.1 Å². The SMILES string of the molecule is CCC(=O)N1CC=C(c2cc3c(N4CC(C)(C(=O)N[C@@H](C)c5ccc(F)cc5)C4)ncnn3c2)CC1. The Bertz CT molecular complexity index is 1330. The van der Waals surface area contributed by atoms with Gasteiger partial charge in [-0.05, 0) is 55.2 Å². The molecule has 2 aliphatic rings. The Kier molecular flexibility index (Phi) is 6.24. The number of hydrogen-bond acceptors (Lipinski definition) is 5. The van der Waals surface area contributed by atoms with Gasteiger partial charge < -0.3 is 15.1 Å². The van der Waals surface area contributed by atoms with Gasteiger partial charge in [0.25, 0.3) is 0 Å². The highest BCUT2D eigenvalue weighted by atomic mass is 19.1. The predicted molar refractivity (Wildman–Crippen MR) is 136 cm³/mol. The highest BCUT2D eigenvalue weighted by molar-refractivity contribution is 5.87. The number of rotatable bonds is 6. The first-order valence-corrected chi connectivity index (χ1v) is 12.4. The number of hydrogen-bond donors (Lipinski definition) is 1. The zero-order chi connectivity index (χ0) is 25.4. The van der Waals surface area contributed by atoms with Gasteiger partial charge in [-0.25, -0.2) is 13.9 Å². The lowest BCUT2D eigenvalue weighted by Gasteiger charge is -2.47. The van der Waals surface area contributed by atoms with Crippen LogP contribution in [0.1, 0.15) is 50.8 Å². The minimum absolute atomic E-state index is 0.0322. The van der Waals surface area contributed by atoms with E-state index in [1.54, 1.807) is 12.1 Å². The van der Waals surface area contributed by atoms with Crippen molar-refractivity contribution in [3.05, 3.63) is 65.9 Å². The third-order valence-electron chi connectivity index (χ3n) is 7.27. The highest BCUT2D eigenvalue weighted by Gasteiger charge is 2.46. The second kappa shape index (κ2) is 9.37. The van der Waals surface area contributed by atoms with E-state index in [9.17, 15) is 14.0 Å². The first-order valence-electron chi connectivity index (χ1n) is 12.4. The van der Waals surface area contributed by atoms with Gasteiger partial charge in [0.2, 0.25) is 11.8 Å². The van der Waals surface area contributed by atoms with E-state index in [0.29, 0.717) is 26.1 Å². The Morgan fingerprint density at radius 2 is 1.97 bits per heavy atom. The van der Waals surface area contributed by atoms with Crippen molar-refractivity contribution in [2.45, 2.75) is 39.7 Å². The molecule has 1 fully saturated rings. The molecule has 0 radical (unpaired) electrons. The van der Waals surface area contributed by atoms with Crippen LogP contribution in [0.3, 0.4) is 0 Å². The molecule has 2 amide bonds. The van der Waals surface area contributed by atoms with Crippen molar-refractivity contribution in [2.75, 3.05) is 31.1 Å². The Labute approximate surface area is 209 Å². The molecule has 0 saturated carbocycles. The zero-order valence-electron chi connectivity index (χ0n) is 20.9. The zero-order valence-corrected chi connectivity index (χ0v) is 20.9. The van der Waals surface area contributed by atoms with Crippen LogP contribution in [-0.4, -0.2) is 57.5 Å². The highest BCUT2D eigenvalue weighted by Crippen LogP contribution is 2.37. The van der Waals surface area contributed by atoms with Crippen molar-refractivity contribution in [1.29, 1.82) is 0 Å². The van der Waals surface area contributed by atoms with Crippen molar-refractivity contribution in [3.63, 3.8) is 0 Å². The van der Waals surface area contributed by atoms with Gasteiger partial charge in [0, 0.05) is 38.8 Å². The molecule has 1 aromatic carbocycles. The molecule has 0 bridgehead atoms. The summed E-state index contributed by atoms with van der Waals surface area (Å²) < 4.78 is 15.1. The third kappa shape index (κ3) is 4.45. The summed E-state index contributed by atoms with van der Waals surface area (Å²) in [6.07, 6.45) is 6.98. The lowest BCUT2D eigenvalue weighted by Crippen LogP contribution is -2.62. The molecule has 3 aromatic rings. The van der Waals surface area contributed by atoms with Crippen LogP contribution in [0, 0.1) is 11.2 Å². The average molecular weight is 491 g/mol. The Morgan fingerprint density at radius 3 is 2.64 bits per heavy atom. The van der Waals surface area contributed by atoms with Gasteiger partial charge in [0.05, 0.1) is 11.5 Å². The minimum atomic E-state index is -0.549. The van der Waals surface area contributed by atoms with Crippen molar-refractivity contribution in [1.82, 2.24) is 24.8 Å². The quantitative estimate of drug-likeness (QED) is 0.571. The van der Waals surface area contributed by atoms with Gasteiger partial charge in [-0.1, -0.05) is 25.1 Å². The maximum atomic E-state index is 13.2. The van der Waals surface area contributed by atoms with E-state index < -0.39 is 5.41 Å². The van der Waals surface area contributed by atoms with Crippen molar-refractivity contribution in [3.8, 4) is 0 Å². The van der Waals surface area contributed by atoms with E-state index in [4.69, 9.17) is 0 Å². The molecular weight excluding hydrogens is 459 g/mol. The smallest absolute Gasteiger partial charge is 0.230 e. The standard InChI is InChI=1S/C27H31FN6O2/c1-4-24(35)32-11-9-20(10-12-32)21-13-23-25(29-17-30-34(23)14-21)33-15-27(3,16-33)26(36)31-18(2)19-5-7-22(28)8-6-19/h5-9,13-14,17-18H,4,10-12,15-16H2,1-3H3,(H,31,36)/t18-/m0/s1. The van der Waals surface area contributed by atoms with Gasteiger partial charge in [-0.15, -0.1) is 0 Å². The lowest BCUT2D eigenvalue weighted by molar-refractivity contribution is -0.132. The molecule has 2 aromatic heterocycles. The second-order valence-electron chi connectivity index (χ2n) is 9.98. The van der Waals surface area contributed by atoms with E-state index in [0.717, 1.165) is 35.4 Å². The van der Waals surface area contributed by atoms with E-state index in [-0.39, 0.29) is 23.7 Å². The summed E-state index contributed by atoms with van der Waals surface area (Å²) in [7, 11) is 0. The van der Waals surface area contributed by atoms with Crippen molar-refractivity contribution in [2.24, 2.45) is 5.41 Å². The number of anilines is 1. The molecule has 1 saturated heterocycles. The number of fused-ring (bicyclic) bond motifs is 1. The van der Waals surface area contributed by atoms with Crippen molar-refractivity contribution < 1.29 is 14.0 Å². The molecule has 8 nitrogen and oxygen atoms in total. The Balaban J connectivity index is 1.27. The molecule has 0 unspecified atom stereocenters. The van der Waals surface area contributed by atoms with Crippen LogP contribution in [0.15, 0.2) is 48.9 Å². The maximum absolute atomic E-state index is 13.2. The van der Waals surface area contributed by atoms with Gasteiger partial charge in [-0.2, -0.15) is 5.10 Å². The van der Waals surface area contributed by atoms with Gasteiger partial charge >= 0.3 is 0 Å². The fourth-order valence-electron chi connectivity index (χ4n) is 5.01. The fourth-order valence-corrected chi connectivity index (χ4v) is 5.01. The normalized spacial score (nSPS) is 17.9. The number of carbonyl (C=O) groups is 2. The summed E-state index contributed by atoms with van der Waals surface area (Å²) in [5.74, 6) is 0.650. The summed E-state index contributed by atoms with van der Waals surface area (Å²) in [6.45, 7) is 8.17. The lowest BCUT2D eigenvalue weighted by atomic mass is 9.80. The van der Waals surface area contributed by atoms with Crippen LogP contribution < -0.4 is 10.2 Å². The third-order valence-corrected chi connectivity index (χ3v) is 7.27. The summed E-state index contributed by atoms with van der Waals surface area (Å²) in [4.78, 5) is 33.5. The van der Waals surface area contributed by atoms with E-state index in [1.165, 1.54) is 24.0 Å². The number of halogens is 1. The predicted octanol–water partition coefficient (Wildman–Crippen LogP) is 3.60. The molecular formula is C27H31FN6O2. The van der Waals surface area contributed by atoms with Gasteiger partial charge in [0.1, 0.15) is 17.7 Å². The second-order valence-corrected chi connectivity index (χ2v) is 9.98. The largest absolute Gasteiger partial charge is 0.352 e. The molecule has 0 aliphatic carbocycles. The molecule has 1 atom stereocenters. The first-order chi connectivity index (χ1) is 17.3. The van der Waals surface area contributed by atoms with Crippen LogP contribution in [0.5, 0.6) is 0 Å². The van der Waals surface area contributed by atoms with Gasteiger partial charge in [0.15, 0.2) is 5.82 Å². The summed E-state index contributed by atoms with van der Waals surface area (Å²) in [6, 6.07) is 8.07. The molecule has 5 rings (SSSR count). The average Bonchev–Trinajstić information content (AvgIpc) is 3.31. The van der Waals surface area contributed by atoms with E-state index >= 15 is 0 Å². The van der Waals surface area contributed by atoms with Crippen LogP contribution in [0.4, 0.5) is 10.2 Å². The maximum Gasteiger partial charge on any atom is 0.230 e. The van der Waals surface area contributed by atoms with Crippen molar-refractivity contribution >= 4 is 28.7 Å². The molecule has 0 spiro atoms. The van der Waals surface area contributed by atoms with Crippen LogP contribution in [-0.2, 0) is 9.59 Å². The number of benzene rings is 1. The number of amides is 2. The number of carbonyl (C=O) groups excluding carboxylic acids is 2. The van der Waals surface area contributed by atoms with E-state index in [1.807, 2.05) is 36.4 Å². The summed E-state index contributed by atoms with van der Waals surface area (Å²) in [5.41, 5.74) is 3.49. The van der Waals surface area contributed by atoms with Gasteiger partial charge in [-0.3, -0.25) is 9.59 Å². The van der Waals surface area contributed by atoms with Crippen LogP contribution in [0.2, 0.25) is 0 Å². The van der Waals surface area contributed by atoms with E-state index in [2.05, 4.69) is 32.4 Å². The topological polar surface area (TPSA) is 82.8 Å².